The van der Waals surface area contributed by atoms with Crippen molar-refractivity contribution in [2.75, 3.05) is 12.9 Å². The molecule has 0 atom stereocenters. The Morgan fingerprint density at radius 2 is 2.38 bits per heavy atom. The van der Waals surface area contributed by atoms with Crippen molar-refractivity contribution in [3.8, 4) is 0 Å². The van der Waals surface area contributed by atoms with Crippen molar-refractivity contribution in [1.29, 1.82) is 0 Å². The van der Waals surface area contributed by atoms with Gasteiger partial charge in [-0.1, -0.05) is 0 Å². The monoisotopic (exact) mass is 260 g/mol. The fourth-order valence-corrected chi connectivity index (χ4v) is 2.78. The highest BCUT2D eigenvalue weighted by Crippen LogP contribution is 2.21. The Morgan fingerprint density at radius 3 is 3.00 bits per heavy atom. The second kappa shape index (κ2) is 6.51. The molecule has 88 valence electrons. The van der Waals surface area contributed by atoms with Crippen LogP contribution in [0.5, 0.6) is 0 Å². The van der Waals surface area contributed by atoms with E-state index in [1.54, 1.807) is 0 Å². The summed E-state index contributed by atoms with van der Waals surface area (Å²) in [5.74, 6) is 5.34. The molecule has 1 rings (SSSR count). The average molecular weight is 260 g/mol. The minimum Gasteiger partial charge on any atom is -0.468 e. The maximum atomic E-state index is 11.3. The summed E-state index contributed by atoms with van der Waals surface area (Å²) in [6.07, 6.45) is 0. The van der Waals surface area contributed by atoms with Gasteiger partial charge in [-0.2, -0.15) is 0 Å². The molecular formula is C9H12N2O3S2. The van der Waals surface area contributed by atoms with Crippen LogP contribution >= 0.6 is 23.1 Å². The number of nitrogen functional groups attached to an aromatic ring is 1. The van der Waals surface area contributed by atoms with E-state index < -0.39 is 0 Å². The van der Waals surface area contributed by atoms with Crippen molar-refractivity contribution < 1.29 is 14.3 Å². The summed E-state index contributed by atoms with van der Waals surface area (Å²) in [6.45, 7) is 0. The van der Waals surface area contributed by atoms with E-state index in [9.17, 15) is 9.59 Å². The summed E-state index contributed by atoms with van der Waals surface area (Å²) in [7, 11) is 1.35. The van der Waals surface area contributed by atoms with Crippen molar-refractivity contribution in [2.45, 2.75) is 5.75 Å². The Labute approximate surface area is 101 Å². The first-order valence-corrected chi connectivity index (χ1v) is 6.44. The quantitative estimate of drug-likeness (QED) is 0.353. The third-order valence-electron chi connectivity index (χ3n) is 1.79. The number of carbonyl (C=O) groups excluding carboxylic acids is 2. The van der Waals surface area contributed by atoms with Gasteiger partial charge in [-0.05, 0) is 17.0 Å². The molecule has 0 aliphatic rings. The summed E-state index contributed by atoms with van der Waals surface area (Å²) in [5.41, 5.74) is 2.97. The van der Waals surface area contributed by atoms with Gasteiger partial charge in [0, 0.05) is 5.75 Å². The lowest BCUT2D eigenvalue weighted by atomic mass is 10.3. The maximum Gasteiger partial charge on any atom is 0.315 e. The first-order chi connectivity index (χ1) is 7.69. The number of thiophene rings is 1. The molecule has 0 fully saturated rings. The lowest BCUT2D eigenvalue weighted by molar-refractivity contribution is -0.137. The molecule has 3 N–H and O–H groups in total. The summed E-state index contributed by atoms with van der Waals surface area (Å²) in [4.78, 5) is 22.8. The van der Waals surface area contributed by atoms with Crippen LogP contribution in [0.15, 0.2) is 11.4 Å². The zero-order valence-corrected chi connectivity index (χ0v) is 10.3. The van der Waals surface area contributed by atoms with E-state index in [1.165, 1.54) is 30.2 Å². The highest BCUT2D eigenvalue weighted by Gasteiger charge is 2.12. The molecule has 7 heteroatoms. The predicted molar refractivity (Wildman–Crippen MR) is 64.2 cm³/mol. The van der Waals surface area contributed by atoms with Crippen LogP contribution in [0.1, 0.15) is 15.2 Å². The fraction of sp³-hybridized carbons (Fsp3) is 0.333. The second-order valence-electron chi connectivity index (χ2n) is 2.82. The minimum absolute atomic E-state index is 0.273. The largest absolute Gasteiger partial charge is 0.468 e. The van der Waals surface area contributed by atoms with Crippen LogP contribution in [0.25, 0.3) is 0 Å². The number of hydrogen-bond donors (Lipinski definition) is 2. The Bertz CT molecular complexity index is 379. The van der Waals surface area contributed by atoms with Gasteiger partial charge in [0.2, 0.25) is 0 Å². The number of nitrogens with one attached hydrogen (secondary N) is 1. The van der Waals surface area contributed by atoms with E-state index in [-0.39, 0.29) is 17.6 Å². The molecule has 0 aromatic carbocycles. The van der Waals surface area contributed by atoms with E-state index in [1.807, 2.05) is 11.4 Å². The molecule has 0 bridgehead atoms. The van der Waals surface area contributed by atoms with Crippen LogP contribution in [0, 0.1) is 0 Å². The molecule has 1 aromatic rings. The number of thioether (sulfide) groups is 1. The van der Waals surface area contributed by atoms with Crippen LogP contribution in [-0.2, 0) is 15.3 Å². The molecule has 0 saturated carbocycles. The van der Waals surface area contributed by atoms with Gasteiger partial charge in [-0.25, -0.2) is 5.84 Å². The molecule has 0 spiro atoms. The third-order valence-corrected chi connectivity index (χ3v) is 3.70. The van der Waals surface area contributed by atoms with Crippen molar-refractivity contribution in [3.63, 3.8) is 0 Å². The van der Waals surface area contributed by atoms with E-state index >= 15 is 0 Å². The molecule has 0 unspecified atom stereocenters. The van der Waals surface area contributed by atoms with Gasteiger partial charge < -0.3 is 4.74 Å². The highest BCUT2D eigenvalue weighted by molar-refractivity contribution is 7.99. The SMILES string of the molecule is COC(=O)CSCc1ccsc1C(=O)NN. The van der Waals surface area contributed by atoms with Gasteiger partial charge in [-0.15, -0.1) is 23.1 Å². The Hall–Kier alpha value is -1.05. The van der Waals surface area contributed by atoms with Crippen LogP contribution in [0.3, 0.4) is 0 Å². The summed E-state index contributed by atoms with van der Waals surface area (Å²) >= 11 is 2.72. The van der Waals surface area contributed by atoms with Gasteiger partial charge >= 0.3 is 5.97 Å². The molecular weight excluding hydrogens is 248 g/mol. The highest BCUT2D eigenvalue weighted by atomic mass is 32.2. The Kier molecular flexibility index (Phi) is 5.30. The summed E-state index contributed by atoms with van der Waals surface area (Å²) in [5, 5.41) is 1.82. The molecule has 5 nitrogen and oxygen atoms in total. The molecule has 16 heavy (non-hydrogen) atoms. The lowest BCUT2D eigenvalue weighted by Gasteiger charge is -2.02. The van der Waals surface area contributed by atoms with Crippen molar-refractivity contribution in [1.82, 2.24) is 5.43 Å². The first kappa shape index (κ1) is 13.0. The smallest absolute Gasteiger partial charge is 0.315 e. The molecule has 1 amide bonds. The van der Waals surface area contributed by atoms with Gasteiger partial charge in [0.05, 0.1) is 17.7 Å². The lowest BCUT2D eigenvalue weighted by Crippen LogP contribution is -2.29. The summed E-state index contributed by atoms with van der Waals surface area (Å²) in [6, 6.07) is 1.85. The normalized spacial score (nSPS) is 9.88. The molecule has 0 aliphatic heterocycles. The van der Waals surface area contributed by atoms with E-state index in [0.29, 0.717) is 10.6 Å². The van der Waals surface area contributed by atoms with Crippen LogP contribution in [0.4, 0.5) is 0 Å². The fourth-order valence-electron chi connectivity index (χ4n) is 1.02. The number of hydrazine groups is 1. The standard InChI is InChI=1S/C9H12N2O3S2/c1-14-7(12)5-15-4-6-2-3-16-8(6)9(13)11-10/h2-3H,4-5,10H2,1H3,(H,11,13). The zero-order chi connectivity index (χ0) is 12.0. The van der Waals surface area contributed by atoms with Crippen molar-refractivity contribution in [3.05, 3.63) is 21.9 Å². The Morgan fingerprint density at radius 1 is 1.62 bits per heavy atom. The molecule has 0 aliphatic carbocycles. The van der Waals surface area contributed by atoms with E-state index in [0.717, 1.165) is 5.56 Å². The second-order valence-corrected chi connectivity index (χ2v) is 4.72. The number of amides is 1. The number of carbonyl (C=O) groups is 2. The maximum absolute atomic E-state index is 11.3. The topological polar surface area (TPSA) is 81.4 Å². The van der Waals surface area contributed by atoms with Gasteiger partial charge in [0.1, 0.15) is 0 Å². The van der Waals surface area contributed by atoms with Crippen LogP contribution < -0.4 is 11.3 Å². The number of hydrogen-bond acceptors (Lipinski definition) is 6. The number of rotatable bonds is 5. The number of esters is 1. The van der Waals surface area contributed by atoms with Crippen LogP contribution in [0.2, 0.25) is 0 Å². The predicted octanol–water partition coefficient (Wildman–Crippen LogP) is 0.758. The van der Waals surface area contributed by atoms with Crippen molar-refractivity contribution >= 4 is 35.0 Å². The Balaban J connectivity index is 2.51. The molecule has 0 radical (unpaired) electrons. The molecule has 0 saturated heterocycles. The first-order valence-electron chi connectivity index (χ1n) is 4.41. The molecule has 1 aromatic heterocycles. The average Bonchev–Trinajstić information content (AvgIpc) is 2.76. The van der Waals surface area contributed by atoms with Crippen LogP contribution in [-0.4, -0.2) is 24.7 Å². The minimum atomic E-state index is -0.302. The molecule has 1 heterocycles. The van der Waals surface area contributed by atoms with Crippen molar-refractivity contribution in [2.24, 2.45) is 5.84 Å². The summed E-state index contributed by atoms with van der Waals surface area (Å²) < 4.78 is 4.51. The van der Waals surface area contributed by atoms with Gasteiger partial charge in [0.15, 0.2) is 0 Å². The number of ether oxygens (including phenoxy) is 1. The van der Waals surface area contributed by atoms with Gasteiger partial charge in [0.25, 0.3) is 5.91 Å². The number of nitrogens with two attached hydrogens (primary N) is 1. The van der Waals surface area contributed by atoms with Gasteiger partial charge in [-0.3, -0.25) is 15.0 Å². The van der Waals surface area contributed by atoms with E-state index in [4.69, 9.17) is 5.84 Å². The third kappa shape index (κ3) is 3.51. The zero-order valence-electron chi connectivity index (χ0n) is 8.69. The number of methoxy groups -OCH3 is 1. The van der Waals surface area contributed by atoms with E-state index in [2.05, 4.69) is 10.2 Å².